The standard InChI is InChI=1S/C62H112NO8P/c1-6-8-10-12-14-16-18-20-22-24-26-27-28-29-30-31-32-33-34-35-37-38-40-42-44-46-48-50-52-54-61(64)68-58-60(59-70-72(66,67)69-57-56-63(3,4)5)71-62(65)55-53-51-49-47-45-43-41-39-36-25-23-21-19-17-15-13-11-9-7-2/h9,11,15,17,21,23-24,26,36,39,43,45,60H,6-8,10,12-14,16,18-20,22,25,27-35,37-38,40-42,44,46-59H2,1-5H3/b11-9-,17-15-,23-21-,26-24-,39-36-,45-43-. The second-order valence-corrected chi connectivity index (χ2v) is 22.4. The van der Waals surface area contributed by atoms with Gasteiger partial charge in [0.15, 0.2) is 6.10 Å². The Morgan fingerprint density at radius 3 is 1.21 bits per heavy atom. The van der Waals surface area contributed by atoms with E-state index < -0.39 is 32.5 Å². The first-order chi connectivity index (χ1) is 35.0. The maximum Gasteiger partial charge on any atom is 0.306 e. The van der Waals surface area contributed by atoms with E-state index in [1.807, 2.05) is 21.1 Å². The first kappa shape index (κ1) is 69.5. The first-order valence-corrected chi connectivity index (χ1v) is 31.1. The minimum Gasteiger partial charge on any atom is -0.756 e. The maximum atomic E-state index is 12.8. The quantitative estimate of drug-likeness (QED) is 0.0195. The summed E-state index contributed by atoms with van der Waals surface area (Å²) in [5, 5.41) is 0. The number of phosphoric ester groups is 1. The van der Waals surface area contributed by atoms with E-state index in [1.165, 1.54) is 154 Å². The van der Waals surface area contributed by atoms with Crippen molar-refractivity contribution in [1.29, 1.82) is 0 Å². The van der Waals surface area contributed by atoms with Gasteiger partial charge in [-0.2, -0.15) is 0 Å². The fourth-order valence-corrected chi connectivity index (χ4v) is 8.88. The number of hydrogen-bond donors (Lipinski definition) is 0. The monoisotopic (exact) mass is 1030 g/mol. The van der Waals surface area contributed by atoms with E-state index in [2.05, 4.69) is 86.8 Å². The molecule has 0 aromatic rings. The third kappa shape index (κ3) is 56.7. The third-order valence-electron chi connectivity index (χ3n) is 12.7. The van der Waals surface area contributed by atoms with Crippen LogP contribution < -0.4 is 4.89 Å². The van der Waals surface area contributed by atoms with Crippen LogP contribution in [0.5, 0.6) is 0 Å². The zero-order valence-electron chi connectivity index (χ0n) is 47.4. The van der Waals surface area contributed by atoms with Crippen LogP contribution in [0.4, 0.5) is 0 Å². The molecule has 9 nitrogen and oxygen atoms in total. The zero-order valence-corrected chi connectivity index (χ0v) is 48.3. The number of phosphoric acid groups is 1. The number of esters is 2. The molecule has 0 saturated carbocycles. The van der Waals surface area contributed by atoms with Crippen LogP contribution in [0.15, 0.2) is 72.9 Å². The molecule has 0 spiro atoms. The van der Waals surface area contributed by atoms with Crippen LogP contribution in [0, 0.1) is 0 Å². The summed E-state index contributed by atoms with van der Waals surface area (Å²) in [6.45, 7) is 4.10. The molecule has 0 aliphatic rings. The van der Waals surface area contributed by atoms with Crippen molar-refractivity contribution in [2.24, 2.45) is 0 Å². The lowest BCUT2D eigenvalue weighted by atomic mass is 10.0. The summed E-state index contributed by atoms with van der Waals surface area (Å²) < 4.78 is 34.1. The number of nitrogens with zero attached hydrogens (tertiary/aromatic N) is 1. The van der Waals surface area contributed by atoms with Crippen LogP contribution in [0.3, 0.4) is 0 Å². The van der Waals surface area contributed by atoms with Crippen LogP contribution in [-0.2, 0) is 32.7 Å². The van der Waals surface area contributed by atoms with Gasteiger partial charge >= 0.3 is 11.9 Å². The molecule has 0 saturated heterocycles. The second kappa shape index (κ2) is 53.3. The van der Waals surface area contributed by atoms with Gasteiger partial charge in [-0.15, -0.1) is 0 Å². The first-order valence-electron chi connectivity index (χ1n) is 29.6. The Labute approximate surface area is 444 Å². The van der Waals surface area contributed by atoms with E-state index in [1.54, 1.807) is 0 Å². The number of quaternary nitrogens is 1. The lowest BCUT2D eigenvalue weighted by Crippen LogP contribution is -2.37. The molecule has 2 atom stereocenters. The topological polar surface area (TPSA) is 111 Å². The van der Waals surface area contributed by atoms with Crippen LogP contribution in [0.2, 0.25) is 0 Å². The summed E-state index contributed by atoms with van der Waals surface area (Å²) in [5.74, 6) is -0.867. The minimum absolute atomic E-state index is 0.0398. The number of carbonyl (C=O) groups is 2. The van der Waals surface area contributed by atoms with E-state index in [9.17, 15) is 19.0 Å². The highest BCUT2D eigenvalue weighted by molar-refractivity contribution is 7.45. The van der Waals surface area contributed by atoms with E-state index in [0.717, 1.165) is 70.6 Å². The van der Waals surface area contributed by atoms with Crippen molar-refractivity contribution in [2.75, 3.05) is 47.5 Å². The van der Waals surface area contributed by atoms with Gasteiger partial charge in [0, 0.05) is 12.8 Å². The van der Waals surface area contributed by atoms with Crippen molar-refractivity contribution < 1.29 is 42.1 Å². The summed E-state index contributed by atoms with van der Waals surface area (Å²) in [6.07, 6.45) is 69.6. The van der Waals surface area contributed by atoms with Crippen LogP contribution >= 0.6 is 7.82 Å². The predicted octanol–water partition coefficient (Wildman–Crippen LogP) is 17.8. The number of allylic oxidation sites excluding steroid dienone is 12. The second-order valence-electron chi connectivity index (χ2n) is 21.0. The molecule has 0 heterocycles. The Morgan fingerprint density at radius 1 is 0.444 bits per heavy atom. The summed E-state index contributed by atoms with van der Waals surface area (Å²) in [4.78, 5) is 37.8. The summed E-state index contributed by atoms with van der Waals surface area (Å²) in [6, 6.07) is 0. The Morgan fingerprint density at radius 2 is 0.792 bits per heavy atom. The maximum absolute atomic E-state index is 12.8. The molecule has 0 aliphatic carbocycles. The summed E-state index contributed by atoms with van der Waals surface area (Å²) in [7, 11) is 1.14. The van der Waals surface area contributed by atoms with Crippen LogP contribution in [-0.4, -0.2) is 70.0 Å². The van der Waals surface area contributed by atoms with Gasteiger partial charge in [-0.3, -0.25) is 14.2 Å². The van der Waals surface area contributed by atoms with Gasteiger partial charge in [0.2, 0.25) is 0 Å². The van der Waals surface area contributed by atoms with Crippen molar-refractivity contribution in [3.63, 3.8) is 0 Å². The van der Waals surface area contributed by atoms with Gasteiger partial charge in [0.1, 0.15) is 19.8 Å². The molecule has 0 aliphatic heterocycles. The van der Waals surface area contributed by atoms with Gasteiger partial charge in [-0.1, -0.05) is 234 Å². The Kier molecular flexibility index (Phi) is 51.4. The highest BCUT2D eigenvalue weighted by Gasteiger charge is 2.21. The molecule has 0 amide bonds. The highest BCUT2D eigenvalue weighted by Crippen LogP contribution is 2.38. The largest absolute Gasteiger partial charge is 0.756 e. The summed E-state index contributed by atoms with van der Waals surface area (Å²) in [5.41, 5.74) is 0. The molecular formula is C62H112NO8P. The van der Waals surface area contributed by atoms with E-state index in [0.29, 0.717) is 17.4 Å². The fourth-order valence-electron chi connectivity index (χ4n) is 8.15. The SMILES string of the molecule is CC/C=C\C/C=C\C/C=C\C/C=C\C/C=C\CCCCCC(=O)OC(COC(=O)CCCCCCCCCCCCCCCCCCC/C=C\CCCCCCCCCC)COP(=O)([O-])OCC[N+](C)(C)C. The molecule has 0 fully saturated rings. The number of hydrogen-bond acceptors (Lipinski definition) is 8. The van der Waals surface area contributed by atoms with Gasteiger partial charge < -0.3 is 27.9 Å². The number of unbranched alkanes of at least 4 members (excludes halogenated alkanes) is 28. The lowest BCUT2D eigenvalue weighted by molar-refractivity contribution is -0.870. The van der Waals surface area contributed by atoms with Gasteiger partial charge in [0.05, 0.1) is 27.7 Å². The smallest absolute Gasteiger partial charge is 0.306 e. The predicted molar refractivity (Wildman–Crippen MR) is 305 cm³/mol. The molecule has 0 aromatic heterocycles. The van der Waals surface area contributed by atoms with Gasteiger partial charge in [-0.25, -0.2) is 0 Å². The van der Waals surface area contributed by atoms with Crippen LogP contribution in [0.1, 0.15) is 258 Å². The van der Waals surface area contributed by atoms with E-state index >= 15 is 0 Å². The van der Waals surface area contributed by atoms with Crippen LogP contribution in [0.25, 0.3) is 0 Å². The van der Waals surface area contributed by atoms with Crippen molar-refractivity contribution in [3.8, 4) is 0 Å². The number of likely N-dealkylation sites (N-methyl/N-ethyl adjacent to an activating group) is 1. The molecule has 72 heavy (non-hydrogen) atoms. The summed E-state index contributed by atoms with van der Waals surface area (Å²) >= 11 is 0. The average Bonchev–Trinajstić information content (AvgIpc) is 3.34. The zero-order chi connectivity index (χ0) is 52.7. The molecule has 0 N–H and O–H groups in total. The van der Waals surface area contributed by atoms with Crippen molar-refractivity contribution in [3.05, 3.63) is 72.9 Å². The molecule has 0 radical (unpaired) electrons. The van der Waals surface area contributed by atoms with Gasteiger partial charge in [0.25, 0.3) is 7.82 Å². The average molecular weight is 1030 g/mol. The fraction of sp³-hybridized carbons (Fsp3) is 0.774. The van der Waals surface area contributed by atoms with E-state index in [4.69, 9.17) is 18.5 Å². The van der Waals surface area contributed by atoms with Crippen molar-refractivity contribution in [1.82, 2.24) is 0 Å². The Bertz CT molecular complexity index is 1450. The lowest BCUT2D eigenvalue weighted by Gasteiger charge is -2.28. The molecule has 418 valence electrons. The van der Waals surface area contributed by atoms with Crippen molar-refractivity contribution >= 4 is 19.8 Å². The molecular weight excluding hydrogens is 918 g/mol. The molecule has 10 heteroatoms. The Balaban J connectivity index is 4.13. The normalized spacial score (nSPS) is 13.8. The Hall–Kier alpha value is -2.55. The molecule has 0 rings (SSSR count). The number of carbonyl (C=O) groups excluding carboxylic acids is 2. The van der Waals surface area contributed by atoms with E-state index in [-0.39, 0.29) is 26.1 Å². The molecule has 2 unspecified atom stereocenters. The molecule has 0 aromatic carbocycles. The van der Waals surface area contributed by atoms with Gasteiger partial charge in [-0.05, 0) is 83.5 Å². The number of rotatable bonds is 54. The van der Waals surface area contributed by atoms with Crippen molar-refractivity contribution in [2.45, 2.75) is 264 Å². The third-order valence-corrected chi connectivity index (χ3v) is 13.7. The number of ether oxygens (including phenoxy) is 2. The highest BCUT2D eigenvalue weighted by atomic mass is 31.2. The minimum atomic E-state index is -4.65. The molecule has 0 bridgehead atoms.